The zero-order valence-electron chi connectivity index (χ0n) is 22.1. The van der Waals surface area contributed by atoms with Crippen LogP contribution in [0.3, 0.4) is 0 Å². The Labute approximate surface area is 231 Å². The van der Waals surface area contributed by atoms with Gasteiger partial charge in [0.05, 0.1) is 25.1 Å². The van der Waals surface area contributed by atoms with Crippen LogP contribution in [0.15, 0.2) is 66.9 Å². The van der Waals surface area contributed by atoms with Gasteiger partial charge in [0.15, 0.2) is 11.6 Å². The number of pyridine rings is 1. The zero-order chi connectivity index (χ0) is 28.1. The Morgan fingerprint density at radius 3 is 2.75 bits per heavy atom. The van der Waals surface area contributed by atoms with Crippen molar-refractivity contribution in [2.24, 2.45) is 0 Å². The average Bonchev–Trinajstić information content (AvgIpc) is 3.40. The number of amides is 1. The molecule has 0 aliphatic carbocycles. The molecule has 5 rings (SSSR count). The van der Waals surface area contributed by atoms with E-state index in [9.17, 15) is 19.1 Å². The maximum Gasteiger partial charge on any atom is 0.305 e. The van der Waals surface area contributed by atoms with Crippen molar-refractivity contribution in [2.75, 3.05) is 19.0 Å². The fourth-order valence-electron chi connectivity index (χ4n) is 4.81. The number of carboxylic acids is 1. The van der Waals surface area contributed by atoms with E-state index in [1.165, 1.54) is 30.9 Å². The number of nitrogens with one attached hydrogen (secondary N) is 2. The minimum Gasteiger partial charge on any atom is -0.494 e. The minimum absolute atomic E-state index is 0.0287. The normalized spacial score (nSPS) is 13.2. The van der Waals surface area contributed by atoms with Gasteiger partial charge in [-0.3, -0.25) is 14.3 Å². The minimum atomic E-state index is -1.13. The zero-order valence-corrected chi connectivity index (χ0v) is 22.1. The molecule has 0 saturated carbocycles. The van der Waals surface area contributed by atoms with Gasteiger partial charge in [-0.1, -0.05) is 42.5 Å². The summed E-state index contributed by atoms with van der Waals surface area (Å²) in [5, 5.41) is 20.3. The van der Waals surface area contributed by atoms with Gasteiger partial charge in [0, 0.05) is 37.0 Å². The van der Waals surface area contributed by atoms with Crippen LogP contribution in [-0.4, -0.2) is 45.4 Å². The molecule has 206 valence electrons. The molecule has 1 amide bonds. The second-order valence-corrected chi connectivity index (χ2v) is 9.63. The highest BCUT2D eigenvalue weighted by Gasteiger charge is 2.24. The van der Waals surface area contributed by atoms with Crippen molar-refractivity contribution in [3.05, 3.63) is 95.1 Å². The van der Waals surface area contributed by atoms with Crippen molar-refractivity contribution in [1.29, 1.82) is 0 Å². The number of hydrogen-bond donors (Lipinski definition) is 3. The van der Waals surface area contributed by atoms with E-state index in [-0.39, 0.29) is 11.3 Å². The standard InChI is InChI=1S/C30H30FN5O4/c1-40-26-12-10-21(16-24(26)31)25(17-27(37)38)34-30(39)23-18-36(35-28(23)19-6-3-2-4-7-19)15-13-22-11-9-20-8-5-14-32-29(20)33-22/h2-4,6-7,9-12,16,18,25H,5,8,13-15,17H2,1H3,(H,32,33)(H,34,39)(H,37,38)/t25-/m0/s1. The summed E-state index contributed by atoms with van der Waals surface area (Å²) in [7, 11) is 1.34. The summed E-state index contributed by atoms with van der Waals surface area (Å²) in [4.78, 5) is 29.9. The summed E-state index contributed by atoms with van der Waals surface area (Å²) in [6.45, 7) is 1.40. The number of ether oxygens (including phenoxy) is 1. The molecule has 0 spiro atoms. The van der Waals surface area contributed by atoms with E-state index >= 15 is 0 Å². The molecule has 0 fully saturated rings. The smallest absolute Gasteiger partial charge is 0.305 e. The lowest BCUT2D eigenvalue weighted by Gasteiger charge is -2.18. The first-order valence-electron chi connectivity index (χ1n) is 13.1. The van der Waals surface area contributed by atoms with Gasteiger partial charge in [0.25, 0.3) is 5.91 Å². The molecule has 2 aromatic carbocycles. The van der Waals surface area contributed by atoms with Gasteiger partial charge >= 0.3 is 5.97 Å². The van der Waals surface area contributed by atoms with Crippen LogP contribution in [0.4, 0.5) is 10.2 Å². The van der Waals surface area contributed by atoms with E-state index in [2.05, 4.69) is 16.7 Å². The molecule has 40 heavy (non-hydrogen) atoms. The van der Waals surface area contributed by atoms with Crippen LogP contribution in [-0.2, 0) is 24.2 Å². The van der Waals surface area contributed by atoms with Crippen LogP contribution >= 0.6 is 0 Å². The van der Waals surface area contributed by atoms with Crippen molar-refractivity contribution in [2.45, 2.75) is 38.3 Å². The van der Waals surface area contributed by atoms with Crippen LogP contribution in [0.25, 0.3) is 11.3 Å². The fraction of sp³-hybridized carbons (Fsp3) is 0.267. The molecule has 4 aromatic rings. The van der Waals surface area contributed by atoms with Crippen LogP contribution < -0.4 is 15.4 Å². The number of rotatable bonds is 10. The third kappa shape index (κ3) is 6.12. The number of aryl methyl sites for hydroxylation is 3. The number of aromatic nitrogens is 3. The number of aliphatic carboxylic acids is 1. The summed E-state index contributed by atoms with van der Waals surface area (Å²) in [6.07, 6.45) is 3.94. The lowest BCUT2D eigenvalue weighted by molar-refractivity contribution is -0.137. The Morgan fingerprint density at radius 1 is 1.18 bits per heavy atom. The summed E-state index contributed by atoms with van der Waals surface area (Å²) >= 11 is 0. The van der Waals surface area contributed by atoms with Crippen LogP contribution in [0.2, 0.25) is 0 Å². The third-order valence-corrected chi connectivity index (χ3v) is 6.86. The number of halogens is 1. The predicted molar refractivity (Wildman–Crippen MR) is 148 cm³/mol. The van der Waals surface area contributed by atoms with Crippen molar-refractivity contribution < 1.29 is 23.8 Å². The maximum atomic E-state index is 14.4. The fourth-order valence-corrected chi connectivity index (χ4v) is 4.81. The van der Waals surface area contributed by atoms with Gasteiger partial charge in [-0.15, -0.1) is 0 Å². The van der Waals surface area contributed by atoms with E-state index in [0.717, 1.165) is 36.5 Å². The van der Waals surface area contributed by atoms with E-state index in [1.807, 2.05) is 36.4 Å². The highest BCUT2D eigenvalue weighted by Crippen LogP contribution is 2.27. The van der Waals surface area contributed by atoms with Gasteiger partial charge in [-0.05, 0) is 42.2 Å². The Morgan fingerprint density at radius 2 is 2.00 bits per heavy atom. The average molecular weight is 544 g/mol. The molecule has 1 aliphatic rings. The molecule has 0 unspecified atom stereocenters. The van der Waals surface area contributed by atoms with Crippen molar-refractivity contribution in [1.82, 2.24) is 20.1 Å². The van der Waals surface area contributed by atoms with Crippen LogP contribution in [0, 0.1) is 5.82 Å². The monoisotopic (exact) mass is 543 g/mol. The van der Waals surface area contributed by atoms with Crippen molar-refractivity contribution in [3.8, 4) is 17.0 Å². The van der Waals surface area contributed by atoms with Crippen LogP contribution in [0.1, 0.15) is 46.1 Å². The largest absolute Gasteiger partial charge is 0.494 e. The lowest BCUT2D eigenvalue weighted by Crippen LogP contribution is -2.30. The number of hydrogen-bond acceptors (Lipinski definition) is 6. The Balaban J connectivity index is 1.40. The molecule has 1 atom stereocenters. The van der Waals surface area contributed by atoms with Gasteiger partial charge in [-0.2, -0.15) is 5.10 Å². The first-order valence-corrected chi connectivity index (χ1v) is 13.1. The highest BCUT2D eigenvalue weighted by molar-refractivity contribution is 6.00. The lowest BCUT2D eigenvalue weighted by atomic mass is 10.0. The van der Waals surface area contributed by atoms with E-state index in [0.29, 0.717) is 24.2 Å². The Bertz CT molecular complexity index is 1520. The number of nitrogens with zero attached hydrogens (tertiary/aromatic N) is 3. The molecule has 2 aromatic heterocycles. The summed E-state index contributed by atoms with van der Waals surface area (Å²) in [6, 6.07) is 16.6. The van der Waals surface area contributed by atoms with E-state index in [1.54, 1.807) is 10.9 Å². The highest BCUT2D eigenvalue weighted by atomic mass is 19.1. The van der Waals surface area contributed by atoms with E-state index in [4.69, 9.17) is 14.8 Å². The van der Waals surface area contributed by atoms with Crippen LogP contribution in [0.5, 0.6) is 5.75 Å². The molecule has 9 nitrogen and oxygen atoms in total. The summed E-state index contributed by atoms with van der Waals surface area (Å²) in [5.41, 5.74) is 3.94. The second-order valence-electron chi connectivity index (χ2n) is 9.63. The molecular weight excluding hydrogens is 513 g/mol. The summed E-state index contributed by atoms with van der Waals surface area (Å²) in [5.74, 6) is -1.33. The molecule has 10 heteroatoms. The van der Waals surface area contributed by atoms with Gasteiger partial charge in [-0.25, -0.2) is 9.37 Å². The van der Waals surface area contributed by atoms with E-state index < -0.39 is 30.2 Å². The number of anilines is 1. The SMILES string of the molecule is COc1ccc([C@H](CC(=O)O)NC(=O)c2cn(CCc3ccc4c(n3)NCCC4)nc2-c2ccccc2)cc1F. The summed E-state index contributed by atoms with van der Waals surface area (Å²) < 4.78 is 21.1. The topological polar surface area (TPSA) is 118 Å². The van der Waals surface area contributed by atoms with Gasteiger partial charge in [0.2, 0.25) is 0 Å². The molecular formula is C30H30FN5O4. The molecule has 0 saturated heterocycles. The molecule has 0 bridgehead atoms. The molecule has 0 radical (unpaired) electrons. The predicted octanol–water partition coefficient (Wildman–Crippen LogP) is 4.64. The first-order chi connectivity index (χ1) is 19.4. The maximum absolute atomic E-state index is 14.4. The number of carbonyl (C=O) groups is 2. The van der Waals surface area contributed by atoms with Gasteiger partial charge < -0.3 is 20.5 Å². The molecule has 3 heterocycles. The van der Waals surface area contributed by atoms with Crippen molar-refractivity contribution in [3.63, 3.8) is 0 Å². The Hall–Kier alpha value is -4.73. The Kier molecular flexibility index (Phi) is 8.04. The second kappa shape index (κ2) is 12.0. The quantitative estimate of drug-likeness (QED) is 0.267. The number of benzene rings is 2. The molecule has 3 N–H and O–H groups in total. The first kappa shape index (κ1) is 26.9. The third-order valence-electron chi connectivity index (χ3n) is 6.86. The number of fused-ring (bicyclic) bond motifs is 1. The number of carboxylic acid groups (broad SMARTS) is 1. The number of carbonyl (C=O) groups excluding carboxylic acids is 1. The van der Waals surface area contributed by atoms with Crippen molar-refractivity contribution >= 4 is 17.7 Å². The van der Waals surface area contributed by atoms with Gasteiger partial charge in [0.1, 0.15) is 11.5 Å². The number of methoxy groups -OCH3 is 1. The molecule has 1 aliphatic heterocycles.